The van der Waals surface area contributed by atoms with E-state index in [9.17, 15) is 9.59 Å². The van der Waals surface area contributed by atoms with Gasteiger partial charge in [0.25, 0.3) is 11.8 Å². The number of imide groups is 1. The van der Waals surface area contributed by atoms with Crippen molar-refractivity contribution in [3.05, 3.63) is 65.7 Å². The molecule has 8 heteroatoms. The minimum absolute atomic E-state index is 0. The lowest BCUT2D eigenvalue weighted by atomic mass is 10.1. The first-order valence-corrected chi connectivity index (χ1v) is 11.3. The summed E-state index contributed by atoms with van der Waals surface area (Å²) in [6, 6.07) is 17.0. The number of fused-ring (bicyclic) bond motifs is 1. The van der Waals surface area contributed by atoms with Crippen LogP contribution in [0.2, 0.25) is 0 Å². The number of para-hydroxylation sites is 1. The van der Waals surface area contributed by atoms with Crippen LogP contribution in [0.3, 0.4) is 0 Å². The van der Waals surface area contributed by atoms with Crippen molar-refractivity contribution in [1.82, 2.24) is 15.1 Å². The van der Waals surface area contributed by atoms with Gasteiger partial charge in [-0.05, 0) is 37.1 Å². The van der Waals surface area contributed by atoms with Gasteiger partial charge in [0.05, 0.1) is 11.1 Å². The maximum absolute atomic E-state index is 12.4. The van der Waals surface area contributed by atoms with Gasteiger partial charge in [0.15, 0.2) is 5.96 Å². The van der Waals surface area contributed by atoms with Crippen LogP contribution in [-0.4, -0.2) is 66.9 Å². The first-order chi connectivity index (χ1) is 15.7. The van der Waals surface area contributed by atoms with Gasteiger partial charge >= 0.3 is 0 Å². The van der Waals surface area contributed by atoms with E-state index >= 15 is 0 Å². The Hall–Kier alpha value is -2.62. The van der Waals surface area contributed by atoms with Crippen molar-refractivity contribution in [1.29, 1.82) is 0 Å². The minimum atomic E-state index is -0.185. The molecule has 1 fully saturated rings. The first kappa shape index (κ1) is 25.0. The molecule has 2 heterocycles. The van der Waals surface area contributed by atoms with Gasteiger partial charge in [-0.2, -0.15) is 0 Å². The lowest BCUT2D eigenvalue weighted by Gasteiger charge is -2.34. The van der Waals surface area contributed by atoms with E-state index in [1.807, 2.05) is 30.3 Å². The summed E-state index contributed by atoms with van der Waals surface area (Å²) in [5.41, 5.74) is 1.02. The molecule has 176 valence electrons. The molecular formula is C25H31IN4O3. The predicted molar refractivity (Wildman–Crippen MR) is 139 cm³/mol. The van der Waals surface area contributed by atoms with Gasteiger partial charge in [0.1, 0.15) is 11.9 Å². The van der Waals surface area contributed by atoms with Gasteiger partial charge in [0.2, 0.25) is 0 Å². The van der Waals surface area contributed by atoms with Crippen LogP contribution in [0.5, 0.6) is 5.75 Å². The minimum Gasteiger partial charge on any atom is -0.490 e. The molecule has 0 atom stereocenters. The fraction of sp³-hybridized carbons (Fsp3) is 0.400. The molecule has 7 nitrogen and oxygen atoms in total. The molecule has 2 aliphatic rings. The Morgan fingerprint density at radius 3 is 2.18 bits per heavy atom. The number of unbranched alkanes of at least 4 members (excludes halogenated alkanes) is 1. The highest BCUT2D eigenvalue weighted by molar-refractivity contribution is 14.0. The Balaban J connectivity index is 0.00000306. The number of halogens is 1. The topological polar surface area (TPSA) is 74.2 Å². The summed E-state index contributed by atoms with van der Waals surface area (Å²) in [4.78, 5) is 32.9. The largest absolute Gasteiger partial charge is 0.490 e. The van der Waals surface area contributed by atoms with Crippen LogP contribution >= 0.6 is 24.0 Å². The summed E-state index contributed by atoms with van der Waals surface area (Å²) in [6.45, 7) is 2.98. The maximum Gasteiger partial charge on any atom is 0.261 e. The van der Waals surface area contributed by atoms with Crippen LogP contribution in [0.4, 0.5) is 0 Å². The molecule has 2 aromatic rings. The average molecular weight is 562 g/mol. The fourth-order valence-electron chi connectivity index (χ4n) is 4.25. The normalized spacial score (nSPS) is 16.5. The molecule has 0 aliphatic carbocycles. The average Bonchev–Trinajstić information content (AvgIpc) is 3.08. The summed E-state index contributed by atoms with van der Waals surface area (Å²) in [7, 11) is 1.80. The van der Waals surface area contributed by atoms with Crippen molar-refractivity contribution in [3.63, 3.8) is 0 Å². The lowest BCUT2D eigenvalue weighted by molar-refractivity contribution is 0.0651. The Bertz CT molecular complexity index is 940. The maximum atomic E-state index is 12.4. The van der Waals surface area contributed by atoms with Crippen molar-refractivity contribution in [3.8, 4) is 5.75 Å². The number of nitrogens with one attached hydrogen (secondary N) is 1. The monoisotopic (exact) mass is 562 g/mol. The van der Waals surface area contributed by atoms with E-state index in [1.165, 1.54) is 4.90 Å². The number of hydrogen-bond donors (Lipinski definition) is 1. The number of ether oxygens (including phenoxy) is 1. The van der Waals surface area contributed by atoms with Gasteiger partial charge in [0, 0.05) is 46.1 Å². The molecule has 33 heavy (non-hydrogen) atoms. The van der Waals surface area contributed by atoms with Gasteiger partial charge in [-0.3, -0.25) is 19.5 Å². The van der Waals surface area contributed by atoms with Crippen LogP contribution in [0.25, 0.3) is 0 Å². The fourth-order valence-corrected chi connectivity index (χ4v) is 4.25. The van der Waals surface area contributed by atoms with Crippen molar-refractivity contribution in [2.24, 2.45) is 4.99 Å². The molecule has 0 bridgehead atoms. The number of benzene rings is 2. The zero-order valence-corrected chi connectivity index (χ0v) is 21.2. The third-order valence-electron chi connectivity index (χ3n) is 5.97. The number of rotatable bonds is 7. The molecule has 2 amide bonds. The molecule has 0 radical (unpaired) electrons. The zero-order chi connectivity index (χ0) is 22.3. The Kier molecular flexibility index (Phi) is 9.11. The number of carbonyl (C=O) groups is 2. The van der Waals surface area contributed by atoms with Crippen LogP contribution in [0.15, 0.2) is 59.6 Å². The van der Waals surface area contributed by atoms with E-state index in [0.717, 1.165) is 57.0 Å². The Morgan fingerprint density at radius 2 is 1.58 bits per heavy atom. The van der Waals surface area contributed by atoms with Crippen molar-refractivity contribution < 1.29 is 14.3 Å². The molecule has 0 unspecified atom stereocenters. The van der Waals surface area contributed by atoms with E-state index in [0.29, 0.717) is 17.7 Å². The van der Waals surface area contributed by atoms with Gasteiger partial charge in [-0.15, -0.1) is 24.0 Å². The van der Waals surface area contributed by atoms with E-state index in [4.69, 9.17) is 4.74 Å². The number of likely N-dealkylation sites (tertiary alicyclic amines) is 1. The molecule has 0 saturated carbocycles. The smallest absolute Gasteiger partial charge is 0.261 e. The number of guanidine groups is 1. The van der Waals surface area contributed by atoms with E-state index < -0.39 is 0 Å². The Labute approximate surface area is 212 Å². The van der Waals surface area contributed by atoms with Gasteiger partial charge in [-0.1, -0.05) is 30.3 Å². The molecule has 2 aromatic carbocycles. The molecule has 4 rings (SSSR count). The summed E-state index contributed by atoms with van der Waals surface area (Å²) < 4.78 is 6.07. The molecule has 0 aromatic heterocycles. The van der Waals surface area contributed by atoms with E-state index in [1.54, 1.807) is 31.3 Å². The van der Waals surface area contributed by atoms with Crippen molar-refractivity contribution in [2.45, 2.75) is 31.8 Å². The standard InChI is InChI=1S/C25H30N4O3.HI/c1-26-25(28-17-13-20(14-18-28)32-19-9-3-2-4-10-19)27-15-7-8-16-29-23(30)21-11-5-6-12-22(21)24(29)31;/h2-6,9-12,20H,7-8,13-18H2,1H3,(H,26,27);1H. The second kappa shape index (κ2) is 12.0. The molecule has 1 N–H and O–H groups in total. The zero-order valence-electron chi connectivity index (χ0n) is 18.9. The second-order valence-electron chi connectivity index (χ2n) is 8.11. The molecule has 1 saturated heterocycles. The highest BCUT2D eigenvalue weighted by Crippen LogP contribution is 2.22. The second-order valence-corrected chi connectivity index (χ2v) is 8.11. The Morgan fingerprint density at radius 1 is 0.970 bits per heavy atom. The third kappa shape index (κ3) is 6.04. The molecular weight excluding hydrogens is 531 g/mol. The highest BCUT2D eigenvalue weighted by atomic mass is 127. The number of carbonyl (C=O) groups excluding carboxylic acids is 2. The number of hydrogen-bond acceptors (Lipinski definition) is 4. The predicted octanol–water partition coefficient (Wildman–Crippen LogP) is 3.80. The highest BCUT2D eigenvalue weighted by Gasteiger charge is 2.34. The summed E-state index contributed by atoms with van der Waals surface area (Å²) in [5.74, 6) is 1.44. The van der Waals surface area contributed by atoms with E-state index in [2.05, 4.69) is 15.2 Å². The number of piperidine rings is 1. The molecule has 2 aliphatic heterocycles. The van der Waals surface area contributed by atoms with Gasteiger partial charge in [-0.25, -0.2) is 0 Å². The number of amides is 2. The molecule has 0 spiro atoms. The number of aliphatic imine (C=N–C) groups is 1. The summed E-state index contributed by atoms with van der Waals surface area (Å²) in [5, 5.41) is 3.42. The lowest BCUT2D eigenvalue weighted by Crippen LogP contribution is -2.47. The summed E-state index contributed by atoms with van der Waals surface area (Å²) in [6.07, 6.45) is 3.74. The quantitative estimate of drug-likeness (QED) is 0.183. The van der Waals surface area contributed by atoms with Gasteiger partial charge < -0.3 is 15.0 Å². The van der Waals surface area contributed by atoms with E-state index in [-0.39, 0.29) is 41.9 Å². The van der Waals surface area contributed by atoms with Crippen LogP contribution in [0, 0.1) is 0 Å². The van der Waals surface area contributed by atoms with Crippen molar-refractivity contribution in [2.75, 3.05) is 33.2 Å². The first-order valence-electron chi connectivity index (χ1n) is 11.3. The van der Waals surface area contributed by atoms with Crippen LogP contribution in [-0.2, 0) is 0 Å². The number of nitrogens with zero attached hydrogens (tertiary/aromatic N) is 3. The van der Waals surface area contributed by atoms with Crippen molar-refractivity contribution >= 4 is 41.8 Å². The van der Waals surface area contributed by atoms with Crippen LogP contribution in [0.1, 0.15) is 46.4 Å². The van der Waals surface area contributed by atoms with Crippen LogP contribution < -0.4 is 10.1 Å². The third-order valence-corrected chi connectivity index (χ3v) is 5.97. The SMILES string of the molecule is CN=C(NCCCCN1C(=O)c2ccccc2C1=O)N1CCC(Oc2ccccc2)CC1.I. The summed E-state index contributed by atoms with van der Waals surface area (Å²) >= 11 is 0.